The van der Waals surface area contributed by atoms with Gasteiger partial charge in [0.15, 0.2) is 0 Å². The molecule has 0 N–H and O–H groups in total. The van der Waals surface area contributed by atoms with Gasteiger partial charge in [0.05, 0.1) is 0 Å². The van der Waals surface area contributed by atoms with Crippen molar-refractivity contribution in [1.29, 1.82) is 0 Å². The Bertz CT molecular complexity index is 590. The first-order valence-corrected chi connectivity index (χ1v) is 8.40. The summed E-state index contributed by atoms with van der Waals surface area (Å²) in [5, 5.41) is 0. The Labute approximate surface area is 131 Å². The van der Waals surface area contributed by atoms with Crippen LogP contribution >= 0.6 is 0 Å². The fraction of sp³-hybridized carbons (Fsp3) is 0.556. The number of benzene rings is 1. The van der Waals surface area contributed by atoms with Gasteiger partial charge in [-0.25, -0.2) is 0 Å². The lowest BCUT2D eigenvalue weighted by atomic mass is 9.80. The molecule has 1 saturated carbocycles. The van der Waals surface area contributed by atoms with Crippen molar-refractivity contribution in [2.45, 2.75) is 56.6 Å². The second kappa shape index (κ2) is 5.41. The van der Waals surface area contributed by atoms with Crippen molar-refractivity contribution in [3.8, 4) is 0 Å². The summed E-state index contributed by atoms with van der Waals surface area (Å²) in [5.41, 5.74) is 1.09. The van der Waals surface area contributed by atoms with Crippen LogP contribution in [0.4, 0.5) is 0 Å². The average Bonchev–Trinajstić information content (AvgIpc) is 3.13. The number of nitrogens with zero attached hydrogens (tertiary/aromatic N) is 2. The zero-order valence-corrected chi connectivity index (χ0v) is 12.8. The lowest BCUT2D eigenvalue weighted by Crippen LogP contribution is -2.48. The lowest BCUT2D eigenvalue weighted by molar-refractivity contribution is -0.123. The van der Waals surface area contributed by atoms with Crippen molar-refractivity contribution < 1.29 is 9.53 Å². The molecule has 4 heteroatoms. The van der Waals surface area contributed by atoms with Crippen molar-refractivity contribution in [2.24, 2.45) is 4.99 Å². The average molecular weight is 298 g/mol. The fourth-order valence-electron chi connectivity index (χ4n) is 4.26. The molecule has 2 fully saturated rings. The number of likely N-dealkylation sites (tertiary alicyclic amines) is 1. The van der Waals surface area contributed by atoms with Gasteiger partial charge >= 0.3 is 0 Å². The summed E-state index contributed by atoms with van der Waals surface area (Å²) >= 11 is 0. The quantitative estimate of drug-likeness (QED) is 0.797. The predicted octanol–water partition coefficient (Wildman–Crippen LogP) is 3.44. The van der Waals surface area contributed by atoms with Crippen LogP contribution in [0.5, 0.6) is 0 Å². The first-order chi connectivity index (χ1) is 10.8. The van der Waals surface area contributed by atoms with E-state index in [1.165, 1.54) is 44.9 Å². The van der Waals surface area contributed by atoms with Gasteiger partial charge in [0.2, 0.25) is 6.10 Å². The summed E-state index contributed by atoms with van der Waals surface area (Å²) in [6.45, 7) is 0.966. The van der Waals surface area contributed by atoms with E-state index in [4.69, 9.17) is 4.74 Å². The van der Waals surface area contributed by atoms with E-state index < -0.39 is 6.10 Å². The van der Waals surface area contributed by atoms with Crippen molar-refractivity contribution in [1.82, 2.24) is 4.90 Å². The Morgan fingerprint density at radius 1 is 1.05 bits per heavy atom. The summed E-state index contributed by atoms with van der Waals surface area (Å²) in [7, 11) is 0. The molecule has 1 spiro atoms. The maximum Gasteiger partial charge on any atom is 0.296 e. The molecule has 1 aromatic rings. The van der Waals surface area contributed by atoms with E-state index in [0.29, 0.717) is 6.02 Å². The molecule has 1 aromatic carbocycles. The van der Waals surface area contributed by atoms with Gasteiger partial charge in [-0.05, 0) is 25.7 Å². The third-order valence-electron chi connectivity index (χ3n) is 5.37. The minimum absolute atomic E-state index is 0.168. The number of hydrogen-bond donors (Lipinski definition) is 0. The number of rotatable bonds is 1. The van der Waals surface area contributed by atoms with Gasteiger partial charge in [-0.1, -0.05) is 49.6 Å². The lowest BCUT2D eigenvalue weighted by Gasteiger charge is -2.41. The maximum absolute atomic E-state index is 12.3. The van der Waals surface area contributed by atoms with Gasteiger partial charge in [-0.2, -0.15) is 4.99 Å². The minimum Gasteiger partial charge on any atom is -0.446 e. The molecule has 116 valence electrons. The van der Waals surface area contributed by atoms with Crippen LogP contribution in [-0.4, -0.2) is 28.9 Å². The molecule has 22 heavy (non-hydrogen) atoms. The summed E-state index contributed by atoms with van der Waals surface area (Å²) in [4.78, 5) is 18.8. The van der Waals surface area contributed by atoms with Crippen LogP contribution in [0.25, 0.3) is 0 Å². The largest absolute Gasteiger partial charge is 0.446 e. The van der Waals surface area contributed by atoms with Crippen molar-refractivity contribution in [3.63, 3.8) is 0 Å². The van der Waals surface area contributed by atoms with E-state index in [2.05, 4.69) is 9.89 Å². The molecule has 0 radical (unpaired) electrons. The molecular formula is C18H22N2O2. The molecule has 1 aliphatic carbocycles. The number of carbonyl (C=O) groups is 1. The molecule has 1 amide bonds. The van der Waals surface area contributed by atoms with E-state index in [1.807, 2.05) is 30.3 Å². The van der Waals surface area contributed by atoms with Crippen LogP contribution in [0.15, 0.2) is 35.3 Å². The van der Waals surface area contributed by atoms with Crippen LogP contribution < -0.4 is 0 Å². The summed E-state index contributed by atoms with van der Waals surface area (Å²) in [6.07, 6.45) is 8.12. The van der Waals surface area contributed by atoms with Crippen LogP contribution in [0.2, 0.25) is 0 Å². The molecule has 0 unspecified atom stereocenters. The molecule has 0 aromatic heterocycles. The molecular weight excluding hydrogens is 276 g/mol. The third kappa shape index (κ3) is 2.21. The van der Waals surface area contributed by atoms with Crippen LogP contribution in [0.3, 0.4) is 0 Å². The Balaban J connectivity index is 1.56. The molecule has 3 aliphatic rings. The van der Waals surface area contributed by atoms with Crippen LogP contribution in [0, 0.1) is 0 Å². The number of amidine groups is 1. The maximum atomic E-state index is 12.3. The highest BCUT2D eigenvalue weighted by molar-refractivity contribution is 5.99. The normalized spacial score (nSPS) is 27.1. The third-order valence-corrected chi connectivity index (χ3v) is 5.37. The Hall–Kier alpha value is -1.84. The molecule has 4 rings (SSSR count). The smallest absolute Gasteiger partial charge is 0.296 e. The number of aliphatic imine (C=N–C) groups is 1. The molecule has 1 saturated heterocycles. The van der Waals surface area contributed by atoms with E-state index in [9.17, 15) is 4.79 Å². The zero-order valence-electron chi connectivity index (χ0n) is 12.8. The second-order valence-electron chi connectivity index (χ2n) is 6.68. The monoisotopic (exact) mass is 298 g/mol. The van der Waals surface area contributed by atoms with Gasteiger partial charge in [-0.3, -0.25) is 4.79 Å². The van der Waals surface area contributed by atoms with Gasteiger partial charge in [0, 0.05) is 17.6 Å². The summed E-state index contributed by atoms with van der Waals surface area (Å²) < 4.78 is 6.00. The Kier molecular flexibility index (Phi) is 3.40. The van der Waals surface area contributed by atoms with Gasteiger partial charge in [0.1, 0.15) is 0 Å². The Morgan fingerprint density at radius 3 is 2.55 bits per heavy atom. The van der Waals surface area contributed by atoms with Crippen molar-refractivity contribution in [3.05, 3.63) is 35.9 Å². The van der Waals surface area contributed by atoms with Gasteiger partial charge in [-0.15, -0.1) is 0 Å². The van der Waals surface area contributed by atoms with Crippen LogP contribution in [0.1, 0.15) is 56.6 Å². The number of amides is 1. The molecule has 4 nitrogen and oxygen atoms in total. The second-order valence-corrected chi connectivity index (χ2v) is 6.68. The van der Waals surface area contributed by atoms with E-state index >= 15 is 0 Å². The first kappa shape index (κ1) is 13.8. The topological polar surface area (TPSA) is 41.9 Å². The van der Waals surface area contributed by atoms with Gasteiger partial charge in [0.25, 0.3) is 11.9 Å². The number of ether oxygens (including phenoxy) is 1. The van der Waals surface area contributed by atoms with E-state index in [-0.39, 0.29) is 11.4 Å². The summed E-state index contributed by atoms with van der Waals surface area (Å²) in [5.74, 6) is -0.168. The molecule has 2 aliphatic heterocycles. The molecule has 0 bridgehead atoms. The first-order valence-electron chi connectivity index (χ1n) is 8.40. The predicted molar refractivity (Wildman–Crippen MR) is 84.5 cm³/mol. The Morgan fingerprint density at radius 2 is 1.77 bits per heavy atom. The van der Waals surface area contributed by atoms with Crippen molar-refractivity contribution >= 4 is 11.9 Å². The summed E-state index contributed by atoms with van der Waals surface area (Å²) in [6, 6.07) is 10.2. The highest BCUT2D eigenvalue weighted by Crippen LogP contribution is 2.43. The fourth-order valence-corrected chi connectivity index (χ4v) is 4.26. The molecule has 1 atom stereocenters. The van der Waals surface area contributed by atoms with Gasteiger partial charge < -0.3 is 9.64 Å². The standard InChI is InChI=1S/C18H22N2O2/c21-16-15(14-8-3-1-4-9-14)22-17(19-16)20-13-7-12-18(20)10-5-2-6-11-18/h1,3-4,8-9,15H,2,5-7,10-13H2/t15-/m1/s1. The highest BCUT2D eigenvalue weighted by atomic mass is 16.5. The van der Waals surface area contributed by atoms with Crippen LogP contribution in [-0.2, 0) is 9.53 Å². The minimum atomic E-state index is -0.558. The molecule has 2 heterocycles. The number of hydrogen-bond acceptors (Lipinski definition) is 3. The highest BCUT2D eigenvalue weighted by Gasteiger charge is 2.46. The van der Waals surface area contributed by atoms with Crippen molar-refractivity contribution in [2.75, 3.05) is 6.54 Å². The van der Waals surface area contributed by atoms with E-state index in [0.717, 1.165) is 12.1 Å². The SMILES string of the molecule is O=C1N=C(N2CCCC23CCCCC3)O[C@@H]1c1ccccc1. The zero-order chi connectivity index (χ0) is 15.0. The van der Waals surface area contributed by atoms with E-state index in [1.54, 1.807) is 0 Å². The number of carbonyl (C=O) groups excluding carboxylic acids is 1.